The lowest BCUT2D eigenvalue weighted by molar-refractivity contribution is 0.00903. The molecular weight excluding hydrogens is 226 g/mol. The number of hydrogen-bond donors (Lipinski definition) is 1. The standard InChI is InChI=1S/C14H25N3O/c1-3-8-17-11-16-9-13(17)10-18-14-6-4-12(15-2)5-7-14/h9,11-12,14-15H,3-8,10H2,1-2H3. The van der Waals surface area contributed by atoms with E-state index in [1.165, 1.54) is 31.4 Å². The number of imidazole rings is 1. The Kier molecular flexibility index (Phi) is 5.20. The zero-order valence-electron chi connectivity index (χ0n) is 11.6. The van der Waals surface area contributed by atoms with Crippen molar-refractivity contribution >= 4 is 0 Å². The van der Waals surface area contributed by atoms with E-state index in [0.717, 1.165) is 13.0 Å². The van der Waals surface area contributed by atoms with Gasteiger partial charge >= 0.3 is 0 Å². The average molecular weight is 251 g/mol. The van der Waals surface area contributed by atoms with Gasteiger partial charge in [0.05, 0.1) is 30.9 Å². The highest BCUT2D eigenvalue weighted by Gasteiger charge is 2.20. The van der Waals surface area contributed by atoms with Crippen LogP contribution in [0, 0.1) is 0 Å². The number of aryl methyl sites for hydroxylation is 1. The zero-order chi connectivity index (χ0) is 12.8. The first-order valence-electron chi connectivity index (χ1n) is 7.11. The normalized spacial score (nSPS) is 24.3. The second-order valence-electron chi connectivity index (χ2n) is 5.15. The van der Waals surface area contributed by atoms with Gasteiger partial charge in [0.25, 0.3) is 0 Å². The molecule has 102 valence electrons. The first-order chi connectivity index (χ1) is 8.83. The van der Waals surface area contributed by atoms with E-state index in [2.05, 4.69) is 28.8 Å². The van der Waals surface area contributed by atoms with Crippen molar-refractivity contribution < 1.29 is 4.74 Å². The van der Waals surface area contributed by atoms with Crippen LogP contribution in [0.25, 0.3) is 0 Å². The SMILES string of the molecule is CCCn1cncc1COC1CCC(NC)CC1. The summed E-state index contributed by atoms with van der Waals surface area (Å²) in [5.41, 5.74) is 1.20. The molecule has 0 bridgehead atoms. The van der Waals surface area contributed by atoms with Crippen LogP contribution < -0.4 is 5.32 Å². The lowest BCUT2D eigenvalue weighted by Gasteiger charge is -2.28. The minimum absolute atomic E-state index is 0.430. The van der Waals surface area contributed by atoms with Crippen LogP contribution in [0.15, 0.2) is 12.5 Å². The summed E-state index contributed by atoms with van der Waals surface area (Å²) in [6, 6.07) is 0.690. The fourth-order valence-electron chi connectivity index (χ4n) is 2.63. The van der Waals surface area contributed by atoms with Crippen molar-refractivity contribution in [2.45, 2.75) is 64.3 Å². The van der Waals surface area contributed by atoms with Crippen LogP contribution in [-0.4, -0.2) is 28.7 Å². The fraction of sp³-hybridized carbons (Fsp3) is 0.786. The quantitative estimate of drug-likeness (QED) is 0.843. The summed E-state index contributed by atoms with van der Waals surface area (Å²) >= 11 is 0. The molecule has 0 spiro atoms. The maximum Gasteiger partial charge on any atom is 0.0948 e. The third-order valence-corrected chi connectivity index (χ3v) is 3.81. The molecule has 1 N–H and O–H groups in total. The third-order valence-electron chi connectivity index (χ3n) is 3.81. The van der Waals surface area contributed by atoms with Gasteiger partial charge in [0.1, 0.15) is 0 Å². The molecule has 1 fully saturated rings. The van der Waals surface area contributed by atoms with Crippen molar-refractivity contribution in [2.75, 3.05) is 7.05 Å². The molecule has 4 heteroatoms. The van der Waals surface area contributed by atoms with Crippen LogP contribution in [-0.2, 0) is 17.9 Å². The van der Waals surface area contributed by atoms with Gasteiger partial charge < -0.3 is 14.6 Å². The monoisotopic (exact) mass is 251 g/mol. The van der Waals surface area contributed by atoms with Crippen LogP contribution in [0.5, 0.6) is 0 Å². The van der Waals surface area contributed by atoms with E-state index < -0.39 is 0 Å². The van der Waals surface area contributed by atoms with Crippen molar-refractivity contribution in [3.8, 4) is 0 Å². The topological polar surface area (TPSA) is 39.1 Å². The first kappa shape index (κ1) is 13.6. The number of ether oxygens (including phenoxy) is 1. The lowest BCUT2D eigenvalue weighted by atomic mass is 9.93. The molecule has 18 heavy (non-hydrogen) atoms. The van der Waals surface area contributed by atoms with Gasteiger partial charge in [0.2, 0.25) is 0 Å². The highest BCUT2D eigenvalue weighted by molar-refractivity contribution is 4.96. The summed E-state index contributed by atoms with van der Waals surface area (Å²) in [6.07, 6.45) is 10.2. The molecule has 1 aromatic rings. The van der Waals surface area contributed by atoms with Crippen LogP contribution in [0.1, 0.15) is 44.7 Å². The molecule has 0 aromatic carbocycles. The largest absolute Gasteiger partial charge is 0.372 e. The summed E-state index contributed by atoms with van der Waals surface area (Å²) in [4.78, 5) is 4.20. The van der Waals surface area contributed by atoms with Gasteiger partial charge in [-0.25, -0.2) is 4.98 Å². The summed E-state index contributed by atoms with van der Waals surface area (Å²) in [7, 11) is 2.05. The van der Waals surface area contributed by atoms with Crippen LogP contribution >= 0.6 is 0 Å². The Labute approximate surface area is 110 Å². The molecule has 1 heterocycles. The zero-order valence-corrected chi connectivity index (χ0v) is 11.6. The van der Waals surface area contributed by atoms with Gasteiger partial charge in [-0.15, -0.1) is 0 Å². The second-order valence-corrected chi connectivity index (χ2v) is 5.15. The summed E-state index contributed by atoms with van der Waals surface area (Å²) < 4.78 is 8.21. The summed E-state index contributed by atoms with van der Waals surface area (Å²) in [5, 5.41) is 3.35. The minimum Gasteiger partial charge on any atom is -0.372 e. The Morgan fingerprint density at radius 3 is 2.83 bits per heavy atom. The highest BCUT2D eigenvalue weighted by Crippen LogP contribution is 2.22. The molecule has 1 aromatic heterocycles. The maximum atomic E-state index is 6.02. The molecule has 0 aliphatic heterocycles. The van der Waals surface area contributed by atoms with E-state index in [1.807, 2.05) is 12.5 Å². The van der Waals surface area contributed by atoms with Gasteiger partial charge in [-0.3, -0.25) is 0 Å². The summed E-state index contributed by atoms with van der Waals surface area (Å²) in [5.74, 6) is 0. The van der Waals surface area contributed by atoms with Gasteiger partial charge in [-0.05, 0) is 39.2 Å². The van der Waals surface area contributed by atoms with Gasteiger partial charge in [-0.2, -0.15) is 0 Å². The fourth-order valence-corrected chi connectivity index (χ4v) is 2.63. The van der Waals surface area contributed by atoms with Crippen molar-refractivity contribution in [1.82, 2.24) is 14.9 Å². The molecule has 0 radical (unpaired) electrons. The lowest BCUT2D eigenvalue weighted by Crippen LogP contribution is -2.33. The molecule has 2 rings (SSSR count). The molecule has 1 aliphatic carbocycles. The number of nitrogens with zero attached hydrogens (tertiary/aromatic N) is 2. The van der Waals surface area contributed by atoms with E-state index in [4.69, 9.17) is 4.74 Å². The summed E-state index contributed by atoms with van der Waals surface area (Å²) in [6.45, 7) is 3.92. The Hall–Kier alpha value is -0.870. The van der Waals surface area contributed by atoms with Crippen LogP contribution in [0.4, 0.5) is 0 Å². The Morgan fingerprint density at radius 2 is 2.17 bits per heavy atom. The van der Waals surface area contributed by atoms with Crippen molar-refractivity contribution in [2.24, 2.45) is 0 Å². The molecule has 4 nitrogen and oxygen atoms in total. The third kappa shape index (κ3) is 3.56. The van der Waals surface area contributed by atoms with E-state index >= 15 is 0 Å². The van der Waals surface area contributed by atoms with Crippen molar-refractivity contribution in [3.05, 3.63) is 18.2 Å². The van der Waals surface area contributed by atoms with Crippen LogP contribution in [0.3, 0.4) is 0 Å². The van der Waals surface area contributed by atoms with Crippen molar-refractivity contribution in [1.29, 1.82) is 0 Å². The van der Waals surface area contributed by atoms with Crippen molar-refractivity contribution in [3.63, 3.8) is 0 Å². The molecule has 0 saturated heterocycles. The Bertz CT molecular complexity index is 343. The first-order valence-corrected chi connectivity index (χ1v) is 7.11. The number of hydrogen-bond acceptors (Lipinski definition) is 3. The highest BCUT2D eigenvalue weighted by atomic mass is 16.5. The average Bonchev–Trinajstić information content (AvgIpc) is 2.85. The number of nitrogens with one attached hydrogen (secondary N) is 1. The smallest absolute Gasteiger partial charge is 0.0948 e. The van der Waals surface area contributed by atoms with E-state index in [1.54, 1.807) is 0 Å². The predicted octanol–water partition coefficient (Wildman–Crippen LogP) is 2.34. The molecule has 0 unspecified atom stereocenters. The Morgan fingerprint density at radius 1 is 1.39 bits per heavy atom. The van der Waals surface area contributed by atoms with Gasteiger partial charge in [-0.1, -0.05) is 6.92 Å². The molecule has 1 saturated carbocycles. The van der Waals surface area contributed by atoms with E-state index in [-0.39, 0.29) is 0 Å². The molecule has 1 aliphatic rings. The maximum absolute atomic E-state index is 6.02. The molecule has 0 amide bonds. The second kappa shape index (κ2) is 6.90. The molecule has 0 atom stereocenters. The van der Waals surface area contributed by atoms with E-state index in [0.29, 0.717) is 18.8 Å². The van der Waals surface area contributed by atoms with E-state index in [9.17, 15) is 0 Å². The minimum atomic E-state index is 0.430. The van der Waals surface area contributed by atoms with Gasteiger partial charge in [0.15, 0.2) is 0 Å². The number of rotatable bonds is 6. The van der Waals surface area contributed by atoms with Gasteiger partial charge in [0, 0.05) is 12.6 Å². The predicted molar refractivity (Wildman–Crippen MR) is 72.4 cm³/mol. The number of aromatic nitrogens is 2. The van der Waals surface area contributed by atoms with Crippen LogP contribution in [0.2, 0.25) is 0 Å². The molecular formula is C14H25N3O. The Balaban J connectivity index is 1.76.